The standard InChI is InChI=1S/C24H32FN2O9P/c1-15(2)34-20(29)17(4)26-37(32,36-18-9-7-6-8-10-18)33-14-24(25)21(30)23(5,31)22(35-24)27-12-11-16(3)13-19(27)28/h6-12,15,17,21-22,30-31H,3,13-14H2,1-2,4-5H3,(H,26,32)/t17-,21-,22+,23+,24+,37-/m0/s1. The Morgan fingerprint density at radius 3 is 2.59 bits per heavy atom. The number of para-hydroxylation sites is 1. The van der Waals surface area contributed by atoms with Gasteiger partial charge >= 0.3 is 13.7 Å². The van der Waals surface area contributed by atoms with Crippen LogP contribution < -0.4 is 9.61 Å². The highest BCUT2D eigenvalue weighted by molar-refractivity contribution is 7.52. The maximum Gasteiger partial charge on any atom is 0.459 e. The van der Waals surface area contributed by atoms with Gasteiger partial charge < -0.3 is 24.2 Å². The third kappa shape index (κ3) is 6.64. The van der Waals surface area contributed by atoms with Crippen LogP contribution in [0.25, 0.3) is 0 Å². The molecule has 1 saturated heterocycles. The maximum atomic E-state index is 15.9. The molecule has 1 amide bonds. The predicted octanol–water partition coefficient (Wildman–Crippen LogP) is 2.56. The first-order valence-electron chi connectivity index (χ1n) is 11.6. The molecule has 1 fully saturated rings. The average Bonchev–Trinajstić information content (AvgIpc) is 2.98. The number of ether oxygens (including phenoxy) is 2. The zero-order valence-corrected chi connectivity index (χ0v) is 21.9. The van der Waals surface area contributed by atoms with Crippen molar-refractivity contribution in [3.8, 4) is 5.75 Å². The number of allylic oxidation sites excluding steroid dienone is 1. The number of halogens is 1. The van der Waals surface area contributed by atoms with Crippen molar-refractivity contribution in [3.63, 3.8) is 0 Å². The highest BCUT2D eigenvalue weighted by atomic mass is 31.2. The van der Waals surface area contributed by atoms with Gasteiger partial charge in [-0.25, -0.2) is 8.96 Å². The molecule has 0 aromatic heterocycles. The number of benzene rings is 1. The molecule has 11 nitrogen and oxygen atoms in total. The summed E-state index contributed by atoms with van der Waals surface area (Å²) in [6.45, 7) is 8.20. The summed E-state index contributed by atoms with van der Waals surface area (Å²) in [5.41, 5.74) is -1.77. The van der Waals surface area contributed by atoms with Gasteiger partial charge in [-0.15, -0.1) is 0 Å². The van der Waals surface area contributed by atoms with Crippen LogP contribution in [0.5, 0.6) is 5.75 Å². The van der Waals surface area contributed by atoms with Crippen molar-refractivity contribution in [2.75, 3.05) is 6.61 Å². The lowest BCUT2D eigenvalue weighted by Crippen LogP contribution is -2.54. The number of hydrogen-bond donors (Lipinski definition) is 3. The third-order valence-corrected chi connectivity index (χ3v) is 7.24. The monoisotopic (exact) mass is 542 g/mol. The number of esters is 1. The molecular formula is C24H32FN2O9P. The lowest BCUT2D eigenvalue weighted by molar-refractivity contribution is -0.210. The van der Waals surface area contributed by atoms with Crippen molar-refractivity contribution in [3.05, 3.63) is 54.8 Å². The molecule has 204 valence electrons. The van der Waals surface area contributed by atoms with E-state index in [0.29, 0.717) is 5.57 Å². The smallest absolute Gasteiger partial charge is 0.459 e. The van der Waals surface area contributed by atoms with Crippen molar-refractivity contribution in [1.29, 1.82) is 0 Å². The number of alkyl halides is 1. The van der Waals surface area contributed by atoms with E-state index in [4.69, 9.17) is 18.5 Å². The second kappa shape index (κ2) is 11.0. The van der Waals surface area contributed by atoms with Crippen molar-refractivity contribution >= 4 is 19.6 Å². The predicted molar refractivity (Wildman–Crippen MR) is 130 cm³/mol. The summed E-state index contributed by atoms with van der Waals surface area (Å²) in [7, 11) is -4.50. The molecule has 1 aromatic rings. The summed E-state index contributed by atoms with van der Waals surface area (Å²) in [5.74, 6) is -4.33. The van der Waals surface area contributed by atoms with Gasteiger partial charge in [0.25, 0.3) is 5.85 Å². The minimum absolute atomic E-state index is 0.0812. The van der Waals surface area contributed by atoms with Crippen molar-refractivity contribution in [2.24, 2.45) is 0 Å². The first-order chi connectivity index (χ1) is 17.2. The van der Waals surface area contributed by atoms with Crippen LogP contribution in [-0.4, -0.2) is 69.5 Å². The Labute approximate surface area is 214 Å². The van der Waals surface area contributed by atoms with Crippen LogP contribution in [0, 0.1) is 0 Å². The van der Waals surface area contributed by atoms with E-state index in [9.17, 15) is 24.4 Å². The van der Waals surface area contributed by atoms with Crippen LogP contribution in [0.2, 0.25) is 0 Å². The van der Waals surface area contributed by atoms with Crippen LogP contribution in [0.15, 0.2) is 54.8 Å². The summed E-state index contributed by atoms with van der Waals surface area (Å²) in [5, 5.41) is 23.9. The molecule has 3 N–H and O–H groups in total. The SMILES string of the molecule is C=C1C=CN([C@@H]2O[C@](F)(CO[P@@](=O)(N[C@@H](C)C(=O)OC(C)C)Oc3ccccc3)[C@@H](O)[C@@]2(C)O)C(=O)C1. The Hall–Kier alpha value is -2.60. The molecule has 1 aromatic carbocycles. The van der Waals surface area contributed by atoms with E-state index in [0.717, 1.165) is 11.8 Å². The molecule has 0 unspecified atom stereocenters. The second-order valence-electron chi connectivity index (χ2n) is 9.35. The zero-order chi connectivity index (χ0) is 27.6. The lowest BCUT2D eigenvalue weighted by atomic mass is 9.94. The van der Waals surface area contributed by atoms with Gasteiger partial charge in [-0.1, -0.05) is 24.8 Å². The molecule has 3 rings (SSSR count). The van der Waals surface area contributed by atoms with E-state index in [2.05, 4.69) is 11.7 Å². The molecule has 37 heavy (non-hydrogen) atoms. The summed E-state index contributed by atoms with van der Waals surface area (Å²) in [4.78, 5) is 25.7. The van der Waals surface area contributed by atoms with Gasteiger partial charge in [0.15, 0.2) is 6.23 Å². The molecule has 13 heteroatoms. The number of aliphatic hydroxyl groups is 2. The Kier molecular flexibility index (Phi) is 8.63. The number of rotatable bonds is 10. The van der Waals surface area contributed by atoms with Crippen molar-refractivity contribution < 1.29 is 47.3 Å². The van der Waals surface area contributed by atoms with Gasteiger partial charge in [0.1, 0.15) is 30.1 Å². The van der Waals surface area contributed by atoms with E-state index >= 15 is 4.39 Å². The van der Waals surface area contributed by atoms with Crippen LogP contribution in [-0.2, 0) is 28.2 Å². The Bertz CT molecular complexity index is 1100. The fourth-order valence-electron chi connectivity index (χ4n) is 3.72. The van der Waals surface area contributed by atoms with Crippen molar-refractivity contribution in [1.82, 2.24) is 9.99 Å². The molecule has 2 aliphatic rings. The van der Waals surface area contributed by atoms with Crippen LogP contribution in [0.4, 0.5) is 4.39 Å². The topological polar surface area (TPSA) is 144 Å². The molecule has 0 radical (unpaired) electrons. The average molecular weight is 542 g/mol. The third-order valence-electron chi connectivity index (χ3n) is 5.62. The van der Waals surface area contributed by atoms with Crippen LogP contribution in [0.3, 0.4) is 0 Å². The zero-order valence-electron chi connectivity index (χ0n) is 21.0. The quantitative estimate of drug-likeness (QED) is 0.298. The molecule has 0 bridgehead atoms. The van der Waals surface area contributed by atoms with E-state index < -0.39 is 62.2 Å². The number of nitrogens with zero attached hydrogens (tertiary/aromatic N) is 1. The minimum atomic E-state index is -4.50. The largest absolute Gasteiger partial charge is 0.462 e. The van der Waals surface area contributed by atoms with Crippen molar-refractivity contribution in [2.45, 2.75) is 70.0 Å². The molecule has 2 heterocycles. The maximum absolute atomic E-state index is 15.9. The first-order valence-corrected chi connectivity index (χ1v) is 13.1. The minimum Gasteiger partial charge on any atom is -0.462 e. The number of aliphatic hydroxyl groups excluding tert-OH is 1. The fourth-order valence-corrected chi connectivity index (χ4v) is 5.23. The highest BCUT2D eigenvalue weighted by Gasteiger charge is 2.65. The summed E-state index contributed by atoms with van der Waals surface area (Å²) in [6, 6.07) is 6.60. The lowest BCUT2D eigenvalue weighted by Gasteiger charge is -2.34. The van der Waals surface area contributed by atoms with Gasteiger partial charge in [0.2, 0.25) is 5.91 Å². The van der Waals surface area contributed by atoms with Gasteiger partial charge in [0.05, 0.1) is 12.5 Å². The number of amides is 1. The molecule has 0 saturated carbocycles. The van der Waals surface area contributed by atoms with Gasteiger partial charge in [-0.3, -0.25) is 19.0 Å². The molecule has 6 atom stereocenters. The molecular weight excluding hydrogens is 510 g/mol. The number of carbonyl (C=O) groups is 2. The van der Waals surface area contributed by atoms with Gasteiger partial charge in [-0.05, 0) is 51.5 Å². The summed E-state index contributed by atoms with van der Waals surface area (Å²) in [6.07, 6.45) is -1.64. The first kappa shape index (κ1) is 29.0. The number of hydrogen-bond acceptors (Lipinski definition) is 9. The van der Waals surface area contributed by atoms with E-state index in [-0.39, 0.29) is 12.2 Å². The molecule has 2 aliphatic heterocycles. The molecule has 0 spiro atoms. The van der Waals surface area contributed by atoms with E-state index in [1.807, 2.05) is 0 Å². The summed E-state index contributed by atoms with van der Waals surface area (Å²) >= 11 is 0. The normalized spacial score (nSPS) is 30.3. The summed E-state index contributed by atoms with van der Waals surface area (Å²) < 4.78 is 50.7. The van der Waals surface area contributed by atoms with Gasteiger partial charge in [-0.2, -0.15) is 5.09 Å². The highest BCUT2D eigenvalue weighted by Crippen LogP contribution is 2.49. The number of nitrogens with one attached hydrogen (secondary N) is 1. The molecule has 0 aliphatic carbocycles. The van der Waals surface area contributed by atoms with Crippen LogP contribution in [0.1, 0.15) is 34.1 Å². The number of carbonyl (C=O) groups excluding carboxylic acids is 2. The Balaban J connectivity index is 1.82. The Morgan fingerprint density at radius 2 is 2.00 bits per heavy atom. The second-order valence-corrected chi connectivity index (χ2v) is 11.0. The fraction of sp³-hybridized carbons (Fsp3) is 0.500. The van der Waals surface area contributed by atoms with Gasteiger partial charge in [0, 0.05) is 6.20 Å². The van der Waals surface area contributed by atoms with E-state index in [1.54, 1.807) is 32.0 Å². The van der Waals surface area contributed by atoms with E-state index in [1.165, 1.54) is 31.3 Å². The van der Waals surface area contributed by atoms with Crippen LogP contribution >= 0.6 is 7.75 Å². The Morgan fingerprint density at radius 1 is 1.35 bits per heavy atom.